The van der Waals surface area contributed by atoms with Crippen LogP contribution in [0.2, 0.25) is 5.02 Å². The van der Waals surface area contributed by atoms with Gasteiger partial charge in [-0.15, -0.1) is 12.4 Å². The average Bonchev–Trinajstić information content (AvgIpc) is 2.55. The molecule has 1 aliphatic rings. The van der Waals surface area contributed by atoms with Crippen molar-refractivity contribution in [1.82, 2.24) is 4.90 Å². The van der Waals surface area contributed by atoms with Gasteiger partial charge in [0.15, 0.2) is 0 Å². The summed E-state index contributed by atoms with van der Waals surface area (Å²) in [6.45, 7) is 2.32. The molecule has 0 bridgehead atoms. The maximum Gasteiger partial charge on any atom is 0.417 e. The van der Waals surface area contributed by atoms with Crippen molar-refractivity contribution in [2.45, 2.75) is 19.1 Å². The van der Waals surface area contributed by atoms with Crippen LogP contribution in [0.4, 0.5) is 13.2 Å². The van der Waals surface area contributed by atoms with Crippen LogP contribution in [0.5, 0.6) is 0 Å². The van der Waals surface area contributed by atoms with Gasteiger partial charge in [0, 0.05) is 19.6 Å². The predicted molar refractivity (Wildman–Crippen MR) is 98.0 cm³/mol. The van der Waals surface area contributed by atoms with Crippen molar-refractivity contribution in [3.8, 4) is 0 Å². The van der Waals surface area contributed by atoms with Crippen molar-refractivity contribution in [3.63, 3.8) is 0 Å². The fraction of sp³-hybridized carbons (Fsp3) is 0.263. The van der Waals surface area contributed by atoms with Gasteiger partial charge in [-0.2, -0.15) is 13.2 Å². The minimum atomic E-state index is -4.44. The number of nitrogens with zero attached hydrogens (tertiary/aromatic N) is 1. The van der Waals surface area contributed by atoms with E-state index in [1.807, 2.05) is 24.3 Å². The Labute approximate surface area is 156 Å². The van der Waals surface area contributed by atoms with Crippen LogP contribution in [0.25, 0.3) is 5.57 Å². The molecule has 0 atom stereocenters. The van der Waals surface area contributed by atoms with Crippen molar-refractivity contribution < 1.29 is 13.2 Å². The van der Waals surface area contributed by atoms with Gasteiger partial charge in [0.25, 0.3) is 0 Å². The molecule has 2 aromatic rings. The summed E-state index contributed by atoms with van der Waals surface area (Å²) in [5.74, 6) is 0. The molecule has 0 saturated carbocycles. The molecule has 0 saturated heterocycles. The smallest absolute Gasteiger partial charge is 0.295 e. The van der Waals surface area contributed by atoms with Gasteiger partial charge in [-0.3, -0.25) is 4.90 Å². The second-order valence-corrected chi connectivity index (χ2v) is 6.31. The first-order valence-corrected chi connectivity index (χ1v) is 8.14. The molecule has 0 unspecified atom stereocenters. The maximum absolute atomic E-state index is 13.0. The van der Waals surface area contributed by atoms with Gasteiger partial charge < -0.3 is 0 Å². The Hall–Kier alpha value is -1.49. The Morgan fingerprint density at radius 3 is 2.44 bits per heavy atom. The van der Waals surface area contributed by atoms with E-state index in [9.17, 15) is 13.2 Å². The van der Waals surface area contributed by atoms with Gasteiger partial charge in [0.05, 0.1) is 10.6 Å². The van der Waals surface area contributed by atoms with Crippen LogP contribution in [0, 0.1) is 0 Å². The molecule has 0 N–H and O–H groups in total. The molecular weight excluding hydrogens is 370 g/mol. The predicted octanol–water partition coefficient (Wildman–Crippen LogP) is 6.07. The van der Waals surface area contributed by atoms with Crippen molar-refractivity contribution in [1.29, 1.82) is 0 Å². The van der Waals surface area contributed by atoms with Crippen molar-refractivity contribution in [2.75, 3.05) is 13.1 Å². The minimum absolute atomic E-state index is 0. The van der Waals surface area contributed by atoms with E-state index >= 15 is 0 Å². The van der Waals surface area contributed by atoms with Gasteiger partial charge in [-0.25, -0.2) is 0 Å². The van der Waals surface area contributed by atoms with E-state index in [1.54, 1.807) is 6.07 Å². The highest BCUT2D eigenvalue weighted by molar-refractivity contribution is 6.31. The summed E-state index contributed by atoms with van der Waals surface area (Å²) in [5, 5.41) is -0.260. The molecule has 0 fully saturated rings. The number of hydrogen-bond acceptors (Lipinski definition) is 1. The first kappa shape index (κ1) is 19.8. The van der Waals surface area contributed by atoms with Crippen molar-refractivity contribution in [3.05, 3.63) is 76.3 Å². The van der Waals surface area contributed by atoms with E-state index in [1.165, 1.54) is 11.6 Å². The van der Waals surface area contributed by atoms with Gasteiger partial charge in [0.1, 0.15) is 0 Å². The van der Waals surface area contributed by atoms with E-state index in [0.717, 1.165) is 31.1 Å². The van der Waals surface area contributed by atoms with Gasteiger partial charge in [0.2, 0.25) is 0 Å². The Balaban J connectivity index is 0.00000225. The second kappa shape index (κ2) is 8.26. The Kier molecular flexibility index (Phi) is 6.55. The normalized spacial score (nSPS) is 15.4. The van der Waals surface area contributed by atoms with E-state index < -0.39 is 11.7 Å². The number of halogens is 5. The zero-order chi connectivity index (χ0) is 17.2. The van der Waals surface area contributed by atoms with E-state index in [2.05, 4.69) is 17.0 Å². The van der Waals surface area contributed by atoms with Crippen molar-refractivity contribution >= 4 is 29.6 Å². The number of rotatable bonds is 3. The standard InChI is InChI=1S/C19H17ClF3N.ClH/c20-18-9-8-15(11-17(18)19(21,22)23)16-7-4-10-24(13-16)12-14-5-2-1-3-6-14;/h1-3,5-9,11H,4,10,12-13H2;1H. The number of hydrogen-bond donors (Lipinski definition) is 0. The minimum Gasteiger partial charge on any atom is -0.295 e. The topological polar surface area (TPSA) is 3.24 Å². The lowest BCUT2D eigenvalue weighted by atomic mass is 9.98. The molecule has 3 rings (SSSR count). The zero-order valence-electron chi connectivity index (χ0n) is 13.4. The molecule has 6 heteroatoms. The van der Waals surface area contributed by atoms with E-state index in [-0.39, 0.29) is 17.4 Å². The summed E-state index contributed by atoms with van der Waals surface area (Å²) in [7, 11) is 0. The molecule has 0 aliphatic carbocycles. The van der Waals surface area contributed by atoms with Gasteiger partial charge >= 0.3 is 6.18 Å². The lowest BCUT2D eigenvalue weighted by molar-refractivity contribution is -0.137. The molecule has 134 valence electrons. The van der Waals surface area contributed by atoms with Crippen LogP contribution in [0.3, 0.4) is 0 Å². The molecule has 1 aliphatic heterocycles. The van der Waals surface area contributed by atoms with Crippen LogP contribution in [0.15, 0.2) is 54.6 Å². The third-order valence-corrected chi connectivity index (χ3v) is 4.45. The molecular formula is C19H18Cl2F3N. The number of alkyl halides is 3. The van der Waals surface area contributed by atoms with E-state index in [4.69, 9.17) is 11.6 Å². The highest BCUT2D eigenvalue weighted by Gasteiger charge is 2.33. The zero-order valence-corrected chi connectivity index (χ0v) is 15.0. The van der Waals surface area contributed by atoms with Crippen LogP contribution in [-0.2, 0) is 12.7 Å². The third kappa shape index (κ3) is 5.00. The van der Waals surface area contributed by atoms with Crippen LogP contribution >= 0.6 is 24.0 Å². The van der Waals surface area contributed by atoms with Gasteiger partial charge in [-0.05, 0) is 35.3 Å². The fourth-order valence-electron chi connectivity index (χ4n) is 2.93. The van der Waals surface area contributed by atoms with Crippen LogP contribution < -0.4 is 0 Å². The van der Waals surface area contributed by atoms with Gasteiger partial charge in [-0.1, -0.05) is 54.1 Å². The summed E-state index contributed by atoms with van der Waals surface area (Å²) in [5.41, 5.74) is 1.93. The summed E-state index contributed by atoms with van der Waals surface area (Å²) in [6.07, 6.45) is -1.59. The van der Waals surface area contributed by atoms with Crippen LogP contribution in [-0.4, -0.2) is 18.0 Å². The second-order valence-electron chi connectivity index (χ2n) is 5.91. The summed E-state index contributed by atoms with van der Waals surface area (Å²) in [6, 6.07) is 14.2. The molecule has 0 amide bonds. The lowest BCUT2D eigenvalue weighted by Gasteiger charge is -2.28. The highest BCUT2D eigenvalue weighted by Crippen LogP contribution is 2.36. The molecule has 0 spiro atoms. The first-order valence-electron chi connectivity index (χ1n) is 7.76. The average molecular weight is 388 g/mol. The SMILES string of the molecule is Cl.FC(F)(F)c1cc(C2=CCCN(Cc3ccccc3)C2)ccc1Cl. The maximum atomic E-state index is 13.0. The monoisotopic (exact) mass is 387 g/mol. The summed E-state index contributed by atoms with van der Waals surface area (Å²) in [4.78, 5) is 2.24. The Morgan fingerprint density at radius 2 is 1.76 bits per heavy atom. The third-order valence-electron chi connectivity index (χ3n) is 4.12. The quantitative estimate of drug-likeness (QED) is 0.617. The lowest BCUT2D eigenvalue weighted by Crippen LogP contribution is -2.29. The summed E-state index contributed by atoms with van der Waals surface area (Å²) >= 11 is 5.71. The molecule has 0 radical (unpaired) electrons. The van der Waals surface area contributed by atoms with Crippen LogP contribution in [0.1, 0.15) is 23.1 Å². The Bertz CT molecular complexity index is 742. The largest absolute Gasteiger partial charge is 0.417 e. The molecule has 1 nitrogen and oxygen atoms in total. The molecule has 25 heavy (non-hydrogen) atoms. The number of benzene rings is 2. The van der Waals surface area contributed by atoms with Crippen molar-refractivity contribution in [2.24, 2.45) is 0 Å². The first-order chi connectivity index (χ1) is 11.4. The molecule has 1 heterocycles. The molecule has 0 aromatic heterocycles. The summed E-state index contributed by atoms with van der Waals surface area (Å²) < 4.78 is 39.1. The Morgan fingerprint density at radius 1 is 1.04 bits per heavy atom. The highest BCUT2D eigenvalue weighted by atomic mass is 35.5. The fourth-order valence-corrected chi connectivity index (χ4v) is 3.16. The molecule has 2 aromatic carbocycles. The van der Waals surface area contributed by atoms with E-state index in [0.29, 0.717) is 12.1 Å².